The zero-order valence-corrected chi connectivity index (χ0v) is 18.7. The predicted molar refractivity (Wildman–Crippen MR) is 120 cm³/mol. The normalized spacial score (nSPS) is 14.9. The summed E-state index contributed by atoms with van der Waals surface area (Å²) in [5.41, 5.74) is 1.54. The van der Waals surface area contributed by atoms with Gasteiger partial charge in [0.25, 0.3) is 0 Å². The molecule has 0 radical (unpaired) electrons. The third kappa shape index (κ3) is 7.30. The molecule has 176 valence electrons. The Labute approximate surface area is 192 Å². The number of ether oxygens (including phenoxy) is 2. The van der Waals surface area contributed by atoms with Gasteiger partial charge in [-0.15, -0.1) is 0 Å². The van der Waals surface area contributed by atoms with E-state index in [1.807, 2.05) is 30.3 Å². The summed E-state index contributed by atoms with van der Waals surface area (Å²) < 4.78 is 23.7. The van der Waals surface area contributed by atoms with Crippen LogP contribution in [0.1, 0.15) is 30.9 Å². The molecule has 2 amide bonds. The SMILES string of the molecule is CCOC(=O)C1CCN(C(=O)C(Cc2ccc(F)cc2)NC(=O)OCc2ccccc2)CC1. The van der Waals surface area contributed by atoms with Crippen molar-refractivity contribution in [3.63, 3.8) is 0 Å². The van der Waals surface area contributed by atoms with E-state index in [-0.39, 0.29) is 36.6 Å². The lowest BCUT2D eigenvalue weighted by Crippen LogP contribution is -2.52. The molecule has 1 unspecified atom stereocenters. The van der Waals surface area contributed by atoms with E-state index in [1.54, 1.807) is 24.0 Å². The van der Waals surface area contributed by atoms with Crippen LogP contribution in [-0.4, -0.2) is 48.6 Å². The molecule has 0 bridgehead atoms. The highest BCUT2D eigenvalue weighted by molar-refractivity contribution is 5.86. The first-order chi connectivity index (χ1) is 16.0. The van der Waals surface area contributed by atoms with Crippen LogP contribution in [0.15, 0.2) is 54.6 Å². The number of amides is 2. The van der Waals surface area contributed by atoms with Gasteiger partial charge in [-0.1, -0.05) is 42.5 Å². The number of alkyl carbamates (subject to hydrolysis) is 1. The molecule has 0 spiro atoms. The molecule has 0 saturated carbocycles. The third-order valence-electron chi connectivity index (χ3n) is 5.58. The van der Waals surface area contributed by atoms with Gasteiger partial charge in [0, 0.05) is 19.5 Å². The maximum absolute atomic E-state index is 13.3. The lowest BCUT2D eigenvalue weighted by molar-refractivity contribution is -0.151. The molecule has 2 aromatic rings. The van der Waals surface area contributed by atoms with Gasteiger partial charge in [-0.25, -0.2) is 9.18 Å². The maximum atomic E-state index is 13.3. The number of nitrogens with one attached hydrogen (secondary N) is 1. The first kappa shape index (κ1) is 24.2. The van der Waals surface area contributed by atoms with Crippen molar-refractivity contribution in [1.29, 1.82) is 0 Å². The number of halogens is 1. The molecule has 1 N–H and O–H groups in total. The maximum Gasteiger partial charge on any atom is 0.408 e. The molecular formula is C25H29FN2O5. The summed E-state index contributed by atoms with van der Waals surface area (Å²) in [7, 11) is 0. The van der Waals surface area contributed by atoms with E-state index in [9.17, 15) is 18.8 Å². The highest BCUT2D eigenvalue weighted by Gasteiger charge is 2.32. The zero-order valence-electron chi connectivity index (χ0n) is 18.7. The standard InChI is InChI=1S/C25H29FN2O5/c1-2-32-24(30)20-12-14-28(15-13-20)23(29)22(16-18-8-10-21(26)11-9-18)27-25(31)33-17-19-6-4-3-5-7-19/h3-11,20,22H,2,12-17H2,1H3,(H,27,31). The third-order valence-corrected chi connectivity index (χ3v) is 5.58. The molecular weight excluding hydrogens is 427 g/mol. The molecule has 8 heteroatoms. The van der Waals surface area contributed by atoms with Crippen molar-refractivity contribution in [2.75, 3.05) is 19.7 Å². The number of piperidine rings is 1. The highest BCUT2D eigenvalue weighted by atomic mass is 19.1. The molecule has 1 heterocycles. The van der Waals surface area contributed by atoms with E-state index >= 15 is 0 Å². The second-order valence-corrected chi connectivity index (χ2v) is 7.94. The first-order valence-electron chi connectivity index (χ1n) is 11.1. The Hall–Kier alpha value is -3.42. The average Bonchev–Trinajstić information content (AvgIpc) is 2.84. The Kier molecular flexibility index (Phi) is 8.80. The smallest absolute Gasteiger partial charge is 0.408 e. The Morgan fingerprint density at radius 1 is 1.00 bits per heavy atom. The Morgan fingerprint density at radius 2 is 1.67 bits per heavy atom. The molecule has 33 heavy (non-hydrogen) atoms. The van der Waals surface area contributed by atoms with Gasteiger partial charge in [0.1, 0.15) is 18.5 Å². The van der Waals surface area contributed by atoms with Crippen LogP contribution in [0.25, 0.3) is 0 Å². The van der Waals surface area contributed by atoms with Crippen molar-refractivity contribution in [3.05, 3.63) is 71.5 Å². The van der Waals surface area contributed by atoms with E-state index in [0.29, 0.717) is 38.1 Å². The summed E-state index contributed by atoms with van der Waals surface area (Å²) in [6, 6.07) is 14.1. The lowest BCUT2D eigenvalue weighted by atomic mass is 9.96. The average molecular weight is 457 g/mol. The van der Waals surface area contributed by atoms with Crippen LogP contribution in [-0.2, 0) is 32.1 Å². The van der Waals surface area contributed by atoms with Gasteiger partial charge < -0.3 is 19.7 Å². The van der Waals surface area contributed by atoms with E-state index in [4.69, 9.17) is 9.47 Å². The van der Waals surface area contributed by atoms with Crippen LogP contribution in [0.4, 0.5) is 9.18 Å². The number of likely N-dealkylation sites (tertiary alicyclic amines) is 1. The molecule has 1 atom stereocenters. The number of carbonyl (C=O) groups excluding carboxylic acids is 3. The van der Waals surface area contributed by atoms with E-state index in [1.165, 1.54) is 12.1 Å². The Morgan fingerprint density at radius 3 is 2.30 bits per heavy atom. The van der Waals surface area contributed by atoms with Crippen molar-refractivity contribution < 1.29 is 28.2 Å². The van der Waals surface area contributed by atoms with Gasteiger partial charge in [0.2, 0.25) is 5.91 Å². The Bertz CT molecular complexity index is 928. The number of hydrogen-bond donors (Lipinski definition) is 1. The van der Waals surface area contributed by atoms with Crippen molar-refractivity contribution in [1.82, 2.24) is 10.2 Å². The topological polar surface area (TPSA) is 84.9 Å². The van der Waals surface area contributed by atoms with Crippen LogP contribution >= 0.6 is 0 Å². The predicted octanol–water partition coefficient (Wildman–Crippen LogP) is 3.46. The minimum absolute atomic E-state index is 0.0784. The van der Waals surface area contributed by atoms with Crippen LogP contribution in [0.5, 0.6) is 0 Å². The fourth-order valence-electron chi connectivity index (χ4n) is 3.78. The minimum atomic E-state index is -0.877. The molecule has 1 aliphatic rings. The number of rotatable bonds is 8. The van der Waals surface area contributed by atoms with Crippen molar-refractivity contribution in [3.8, 4) is 0 Å². The summed E-state index contributed by atoms with van der Waals surface area (Å²) >= 11 is 0. The molecule has 3 rings (SSSR count). The Balaban J connectivity index is 1.63. The zero-order chi connectivity index (χ0) is 23.6. The highest BCUT2D eigenvalue weighted by Crippen LogP contribution is 2.20. The number of hydrogen-bond acceptors (Lipinski definition) is 5. The molecule has 2 aromatic carbocycles. The monoisotopic (exact) mass is 456 g/mol. The number of esters is 1. The van der Waals surface area contributed by atoms with E-state index in [2.05, 4.69) is 5.32 Å². The summed E-state index contributed by atoms with van der Waals surface area (Å²) in [5.74, 6) is -1.11. The summed E-state index contributed by atoms with van der Waals surface area (Å²) in [6.07, 6.45) is 0.497. The lowest BCUT2D eigenvalue weighted by Gasteiger charge is -2.33. The summed E-state index contributed by atoms with van der Waals surface area (Å²) in [6.45, 7) is 2.95. The van der Waals surface area contributed by atoms with Crippen molar-refractivity contribution in [2.45, 2.75) is 38.8 Å². The minimum Gasteiger partial charge on any atom is -0.466 e. The van der Waals surface area contributed by atoms with Gasteiger partial charge in [0.15, 0.2) is 0 Å². The summed E-state index contributed by atoms with van der Waals surface area (Å²) in [5, 5.41) is 2.66. The van der Waals surface area contributed by atoms with Crippen LogP contribution in [0, 0.1) is 11.7 Å². The molecule has 1 saturated heterocycles. The van der Waals surface area contributed by atoms with E-state index in [0.717, 1.165) is 5.56 Å². The molecule has 7 nitrogen and oxygen atoms in total. The van der Waals surface area contributed by atoms with Gasteiger partial charge in [0.05, 0.1) is 12.5 Å². The van der Waals surface area contributed by atoms with Crippen LogP contribution < -0.4 is 5.32 Å². The van der Waals surface area contributed by atoms with Crippen LogP contribution in [0.3, 0.4) is 0 Å². The quantitative estimate of drug-likeness (QED) is 0.615. The molecule has 1 fully saturated rings. The van der Waals surface area contributed by atoms with Crippen molar-refractivity contribution in [2.24, 2.45) is 5.92 Å². The summed E-state index contributed by atoms with van der Waals surface area (Å²) in [4.78, 5) is 39.3. The second-order valence-electron chi connectivity index (χ2n) is 7.94. The second kappa shape index (κ2) is 12.0. The van der Waals surface area contributed by atoms with E-state index < -0.39 is 12.1 Å². The molecule has 0 aliphatic carbocycles. The number of benzene rings is 2. The van der Waals surface area contributed by atoms with Gasteiger partial charge in [-0.3, -0.25) is 9.59 Å². The first-order valence-corrected chi connectivity index (χ1v) is 11.1. The molecule has 1 aliphatic heterocycles. The molecule has 0 aromatic heterocycles. The number of carbonyl (C=O) groups is 3. The number of nitrogens with zero attached hydrogens (tertiary/aromatic N) is 1. The largest absolute Gasteiger partial charge is 0.466 e. The van der Waals surface area contributed by atoms with Gasteiger partial charge >= 0.3 is 12.1 Å². The van der Waals surface area contributed by atoms with Gasteiger partial charge in [-0.05, 0) is 43.0 Å². The fraction of sp³-hybridized carbons (Fsp3) is 0.400. The van der Waals surface area contributed by atoms with Crippen molar-refractivity contribution >= 4 is 18.0 Å². The van der Waals surface area contributed by atoms with Gasteiger partial charge in [-0.2, -0.15) is 0 Å². The van der Waals surface area contributed by atoms with Crippen LogP contribution in [0.2, 0.25) is 0 Å². The fourth-order valence-corrected chi connectivity index (χ4v) is 3.78.